The van der Waals surface area contributed by atoms with E-state index >= 15 is 0 Å². The summed E-state index contributed by atoms with van der Waals surface area (Å²) in [5.74, 6) is 0. The third-order valence-corrected chi connectivity index (χ3v) is 4.65. The lowest BCUT2D eigenvalue weighted by Crippen LogP contribution is -2.50. The average molecular weight is 326 g/mol. The Morgan fingerprint density at radius 1 is 1.35 bits per heavy atom. The first-order valence-electron chi connectivity index (χ1n) is 9.15. The van der Waals surface area contributed by atoms with Crippen molar-refractivity contribution in [3.05, 3.63) is 0 Å². The van der Waals surface area contributed by atoms with E-state index < -0.39 is 5.60 Å². The van der Waals surface area contributed by atoms with Crippen LogP contribution in [-0.2, 0) is 9.47 Å². The Hall–Kier alpha value is -0.810. The van der Waals surface area contributed by atoms with Gasteiger partial charge in [0.25, 0.3) is 0 Å². The molecule has 1 aliphatic carbocycles. The molecule has 0 bridgehead atoms. The lowest BCUT2D eigenvalue weighted by Gasteiger charge is -2.38. The molecule has 0 aromatic heterocycles. The summed E-state index contributed by atoms with van der Waals surface area (Å²) in [5, 5.41) is 3.68. The van der Waals surface area contributed by atoms with Crippen LogP contribution in [0.2, 0.25) is 0 Å². The number of rotatable bonds is 6. The second kappa shape index (κ2) is 7.84. The van der Waals surface area contributed by atoms with Gasteiger partial charge in [-0.25, -0.2) is 4.79 Å². The molecule has 1 saturated heterocycles. The van der Waals surface area contributed by atoms with Gasteiger partial charge in [-0.1, -0.05) is 0 Å². The molecule has 2 atom stereocenters. The summed E-state index contributed by atoms with van der Waals surface area (Å²) < 4.78 is 11.1. The van der Waals surface area contributed by atoms with Crippen LogP contribution in [0.15, 0.2) is 0 Å². The number of nitrogens with one attached hydrogen (secondary N) is 1. The second-order valence-corrected chi connectivity index (χ2v) is 8.02. The molecule has 0 radical (unpaired) electrons. The van der Waals surface area contributed by atoms with Crippen molar-refractivity contribution in [2.45, 2.75) is 96.6 Å². The molecule has 1 heterocycles. The second-order valence-electron chi connectivity index (χ2n) is 8.02. The first-order valence-corrected chi connectivity index (χ1v) is 9.15. The fraction of sp³-hybridized carbons (Fsp3) is 0.944. The zero-order chi connectivity index (χ0) is 17.0. The van der Waals surface area contributed by atoms with E-state index in [1.54, 1.807) is 0 Å². The lowest BCUT2D eigenvalue weighted by atomic mass is 9.88. The first-order chi connectivity index (χ1) is 10.8. The SMILES string of the molecule is CCOC1CC(NC(C)CC2CCCN2C(=O)OC(C)(C)C)C1. The summed E-state index contributed by atoms with van der Waals surface area (Å²) in [6.45, 7) is 11.7. The van der Waals surface area contributed by atoms with E-state index in [2.05, 4.69) is 19.2 Å². The van der Waals surface area contributed by atoms with E-state index in [9.17, 15) is 4.79 Å². The van der Waals surface area contributed by atoms with Crippen molar-refractivity contribution in [1.82, 2.24) is 10.2 Å². The van der Waals surface area contributed by atoms with Crippen LogP contribution in [0, 0.1) is 0 Å². The lowest BCUT2D eigenvalue weighted by molar-refractivity contribution is -0.0128. The van der Waals surface area contributed by atoms with Gasteiger partial charge in [-0.3, -0.25) is 0 Å². The number of hydrogen-bond acceptors (Lipinski definition) is 4. The summed E-state index contributed by atoms with van der Waals surface area (Å²) in [6.07, 6.45) is 5.65. The molecule has 0 aromatic carbocycles. The molecule has 2 rings (SSSR count). The normalized spacial score (nSPS) is 29.3. The van der Waals surface area contributed by atoms with Gasteiger partial charge in [-0.2, -0.15) is 0 Å². The zero-order valence-corrected chi connectivity index (χ0v) is 15.4. The molecule has 5 heteroatoms. The van der Waals surface area contributed by atoms with Crippen molar-refractivity contribution in [2.75, 3.05) is 13.2 Å². The van der Waals surface area contributed by atoms with E-state index in [-0.39, 0.29) is 6.09 Å². The number of hydrogen-bond donors (Lipinski definition) is 1. The fourth-order valence-corrected chi connectivity index (χ4v) is 3.59. The number of amides is 1. The maximum absolute atomic E-state index is 12.3. The monoisotopic (exact) mass is 326 g/mol. The molecule has 1 aliphatic heterocycles. The molecule has 1 amide bonds. The Kier molecular flexibility index (Phi) is 6.32. The van der Waals surface area contributed by atoms with Crippen LogP contribution in [0.5, 0.6) is 0 Å². The van der Waals surface area contributed by atoms with Gasteiger partial charge in [-0.05, 0) is 66.7 Å². The van der Waals surface area contributed by atoms with E-state index in [0.717, 1.165) is 45.3 Å². The van der Waals surface area contributed by atoms with Crippen LogP contribution in [0.4, 0.5) is 4.79 Å². The molecule has 134 valence electrons. The van der Waals surface area contributed by atoms with Crippen LogP contribution in [0.3, 0.4) is 0 Å². The predicted molar refractivity (Wildman–Crippen MR) is 91.6 cm³/mol. The number of carbonyl (C=O) groups is 1. The number of likely N-dealkylation sites (tertiary alicyclic amines) is 1. The maximum atomic E-state index is 12.3. The summed E-state index contributed by atoms with van der Waals surface area (Å²) in [6, 6.07) is 1.28. The standard InChI is InChI=1S/C18H34N2O3/c1-6-22-16-11-14(12-16)19-13(2)10-15-8-7-9-20(15)17(21)23-18(3,4)5/h13-16,19H,6-12H2,1-5H3. The highest BCUT2D eigenvalue weighted by molar-refractivity contribution is 5.68. The van der Waals surface area contributed by atoms with Crippen molar-refractivity contribution >= 4 is 6.09 Å². The van der Waals surface area contributed by atoms with Gasteiger partial charge in [0.2, 0.25) is 0 Å². The molecular formula is C18H34N2O3. The first kappa shape index (κ1) is 18.5. The number of carbonyl (C=O) groups excluding carboxylic acids is 1. The Labute approximate surface area is 141 Å². The highest BCUT2D eigenvalue weighted by Crippen LogP contribution is 2.27. The molecule has 2 fully saturated rings. The highest BCUT2D eigenvalue weighted by Gasteiger charge is 2.35. The van der Waals surface area contributed by atoms with Crippen molar-refractivity contribution in [2.24, 2.45) is 0 Å². The van der Waals surface area contributed by atoms with Crippen molar-refractivity contribution < 1.29 is 14.3 Å². The smallest absolute Gasteiger partial charge is 0.410 e. The molecule has 0 spiro atoms. The summed E-state index contributed by atoms with van der Waals surface area (Å²) in [4.78, 5) is 14.2. The minimum Gasteiger partial charge on any atom is -0.444 e. The van der Waals surface area contributed by atoms with E-state index in [1.807, 2.05) is 25.7 Å². The largest absolute Gasteiger partial charge is 0.444 e. The average Bonchev–Trinajstić information content (AvgIpc) is 2.82. The Balaban J connectivity index is 1.74. The molecule has 2 unspecified atom stereocenters. The molecule has 2 aliphatic rings. The van der Waals surface area contributed by atoms with Gasteiger partial charge in [0, 0.05) is 31.3 Å². The Morgan fingerprint density at radius 3 is 2.65 bits per heavy atom. The summed E-state index contributed by atoms with van der Waals surface area (Å²) in [5.41, 5.74) is -0.422. The maximum Gasteiger partial charge on any atom is 0.410 e. The van der Waals surface area contributed by atoms with Crippen LogP contribution in [-0.4, -0.2) is 54.0 Å². The fourth-order valence-electron chi connectivity index (χ4n) is 3.59. The highest BCUT2D eigenvalue weighted by atomic mass is 16.6. The number of nitrogens with zero attached hydrogens (tertiary/aromatic N) is 1. The quantitative estimate of drug-likeness (QED) is 0.813. The topological polar surface area (TPSA) is 50.8 Å². The Morgan fingerprint density at radius 2 is 2.04 bits per heavy atom. The molecule has 23 heavy (non-hydrogen) atoms. The van der Waals surface area contributed by atoms with Crippen LogP contribution in [0.25, 0.3) is 0 Å². The molecule has 1 saturated carbocycles. The van der Waals surface area contributed by atoms with Gasteiger partial charge >= 0.3 is 6.09 Å². The predicted octanol–water partition coefficient (Wildman–Crippen LogP) is 3.32. The van der Waals surface area contributed by atoms with Gasteiger partial charge in [0.1, 0.15) is 5.60 Å². The third kappa shape index (κ3) is 5.64. The van der Waals surface area contributed by atoms with Crippen molar-refractivity contribution in [3.8, 4) is 0 Å². The van der Waals surface area contributed by atoms with Gasteiger partial charge < -0.3 is 19.7 Å². The van der Waals surface area contributed by atoms with Gasteiger partial charge in [0.05, 0.1) is 6.10 Å². The van der Waals surface area contributed by atoms with Crippen molar-refractivity contribution in [1.29, 1.82) is 0 Å². The summed E-state index contributed by atoms with van der Waals surface area (Å²) >= 11 is 0. The van der Waals surface area contributed by atoms with Crippen LogP contribution < -0.4 is 5.32 Å². The van der Waals surface area contributed by atoms with Gasteiger partial charge in [-0.15, -0.1) is 0 Å². The van der Waals surface area contributed by atoms with Crippen LogP contribution in [0.1, 0.15) is 66.7 Å². The van der Waals surface area contributed by atoms with Crippen LogP contribution >= 0.6 is 0 Å². The van der Waals surface area contributed by atoms with E-state index in [1.165, 1.54) is 0 Å². The van der Waals surface area contributed by atoms with Crippen molar-refractivity contribution in [3.63, 3.8) is 0 Å². The summed E-state index contributed by atoms with van der Waals surface area (Å²) in [7, 11) is 0. The third-order valence-electron chi connectivity index (χ3n) is 4.65. The minimum atomic E-state index is -0.422. The molecule has 1 N–H and O–H groups in total. The van der Waals surface area contributed by atoms with Gasteiger partial charge in [0.15, 0.2) is 0 Å². The van der Waals surface area contributed by atoms with E-state index in [0.29, 0.717) is 24.2 Å². The van der Waals surface area contributed by atoms with E-state index in [4.69, 9.17) is 9.47 Å². The minimum absolute atomic E-state index is 0.160. The zero-order valence-electron chi connectivity index (χ0n) is 15.4. The molecule has 0 aromatic rings. The Bertz CT molecular complexity index is 388. The molecular weight excluding hydrogens is 292 g/mol. The number of ether oxygens (including phenoxy) is 2. The molecule has 5 nitrogen and oxygen atoms in total.